The third-order valence-corrected chi connectivity index (χ3v) is 10.9. The van der Waals surface area contributed by atoms with E-state index in [1.54, 1.807) is 144 Å². The van der Waals surface area contributed by atoms with Gasteiger partial charge in [-0.3, -0.25) is 0 Å². The molecule has 0 aliphatic carbocycles. The zero-order valence-electron chi connectivity index (χ0n) is 42.4. The Morgan fingerprint density at radius 3 is 0.527 bits per heavy atom. The minimum Gasteiger partial charge on any atom is -0.493 e. The highest BCUT2D eigenvalue weighted by atomic mass is 16.5. The van der Waals surface area contributed by atoms with Crippen molar-refractivity contribution in [2.45, 2.75) is 0 Å². The van der Waals surface area contributed by atoms with Gasteiger partial charge >= 0.3 is 0 Å². The van der Waals surface area contributed by atoms with E-state index in [9.17, 15) is 0 Å². The lowest BCUT2D eigenvalue weighted by Crippen LogP contribution is -1.97. The largest absolute Gasteiger partial charge is 0.493 e. The SMILES string of the molecule is COc1cc(C#Cc2ccccn2)c(C#Cc2cc(OC)c(OC)cc2C#Cc2cc(OC)c(OC)cc2C#Cc2cc(OC)c(OC)cc2C#Cc2cc(OC)c(OC)cc2C#Cc2ccccn2)cc1OC. The zero-order valence-corrected chi connectivity index (χ0v) is 42.4. The number of hydrogen-bond acceptors (Lipinski definition) is 12. The number of methoxy groups -OCH3 is 10. The summed E-state index contributed by atoms with van der Waals surface area (Å²) in [4.78, 5) is 8.68. The van der Waals surface area contributed by atoms with Crippen LogP contribution in [0.3, 0.4) is 0 Å². The maximum absolute atomic E-state index is 5.74. The van der Waals surface area contributed by atoms with Crippen LogP contribution in [0.5, 0.6) is 57.5 Å². The molecule has 0 bridgehead atoms. The Labute approximate surface area is 431 Å². The number of nitrogens with zero attached hydrogens (tertiary/aromatic N) is 2. The third-order valence-electron chi connectivity index (χ3n) is 10.9. The average molecular weight is 981 g/mol. The van der Waals surface area contributed by atoms with Crippen LogP contribution < -0.4 is 47.4 Å². The molecule has 12 heteroatoms. The van der Waals surface area contributed by atoms with Crippen LogP contribution >= 0.6 is 0 Å². The zero-order chi connectivity index (χ0) is 52.4. The molecule has 5 aromatic carbocycles. The minimum absolute atomic E-state index is 0.442. The Bertz CT molecular complexity index is 3370. The van der Waals surface area contributed by atoms with Gasteiger partial charge in [-0.05, 0) is 36.1 Å². The summed E-state index contributed by atoms with van der Waals surface area (Å²) in [6.07, 6.45) is 3.37. The Morgan fingerprint density at radius 1 is 0.230 bits per heavy atom. The van der Waals surface area contributed by atoms with Crippen molar-refractivity contribution in [2.24, 2.45) is 0 Å². The van der Waals surface area contributed by atoms with E-state index in [0.717, 1.165) is 0 Å². The Hall–Kier alpha value is -10.2. The topological polar surface area (TPSA) is 118 Å². The normalized spacial score (nSPS) is 9.65. The molecule has 0 spiro atoms. The molecule has 0 radical (unpaired) electrons. The fourth-order valence-corrected chi connectivity index (χ4v) is 7.10. The van der Waals surface area contributed by atoms with Crippen LogP contribution in [-0.4, -0.2) is 81.1 Å². The van der Waals surface area contributed by atoms with E-state index >= 15 is 0 Å². The van der Waals surface area contributed by atoms with Crippen molar-refractivity contribution in [1.29, 1.82) is 0 Å². The van der Waals surface area contributed by atoms with Gasteiger partial charge in [0.2, 0.25) is 0 Å². The molecule has 0 aliphatic heterocycles. The number of ether oxygens (including phenoxy) is 10. The monoisotopic (exact) mass is 980 g/mol. The molecule has 0 fully saturated rings. The van der Waals surface area contributed by atoms with Gasteiger partial charge in [0.15, 0.2) is 57.5 Å². The lowest BCUT2D eigenvalue weighted by molar-refractivity contribution is 0.354. The highest BCUT2D eigenvalue weighted by Crippen LogP contribution is 2.35. The van der Waals surface area contributed by atoms with Gasteiger partial charge in [0.25, 0.3) is 0 Å². The van der Waals surface area contributed by atoms with Crippen LogP contribution in [0.2, 0.25) is 0 Å². The smallest absolute Gasteiger partial charge is 0.162 e. The predicted octanol–water partition coefficient (Wildman–Crippen LogP) is 8.96. The predicted molar refractivity (Wildman–Crippen MR) is 282 cm³/mol. The van der Waals surface area contributed by atoms with Crippen molar-refractivity contribution in [3.8, 4) is 129 Å². The van der Waals surface area contributed by atoms with Gasteiger partial charge in [0, 0.05) is 129 Å². The quantitative estimate of drug-likeness (QED) is 0.122. The first-order valence-electron chi connectivity index (χ1n) is 22.4. The van der Waals surface area contributed by atoms with Crippen LogP contribution in [0.1, 0.15) is 67.0 Å². The Kier molecular flexibility index (Phi) is 17.5. The summed E-state index contributed by atoms with van der Waals surface area (Å²) in [5.74, 6) is 43.8. The molecule has 366 valence electrons. The van der Waals surface area contributed by atoms with Gasteiger partial charge in [-0.15, -0.1) is 0 Å². The molecule has 7 aromatic rings. The first-order valence-corrected chi connectivity index (χ1v) is 22.4. The van der Waals surface area contributed by atoms with E-state index in [-0.39, 0.29) is 0 Å². The first kappa shape index (κ1) is 51.6. The molecule has 12 nitrogen and oxygen atoms in total. The van der Waals surface area contributed by atoms with Crippen molar-refractivity contribution < 1.29 is 47.4 Å². The summed E-state index contributed by atoms with van der Waals surface area (Å²) in [7, 11) is 15.6. The fourth-order valence-electron chi connectivity index (χ4n) is 7.10. The summed E-state index contributed by atoms with van der Waals surface area (Å²) in [5, 5.41) is 0. The number of rotatable bonds is 10. The van der Waals surface area contributed by atoms with E-state index in [4.69, 9.17) is 47.4 Å². The van der Waals surface area contributed by atoms with Gasteiger partial charge in [-0.25, -0.2) is 9.97 Å². The van der Waals surface area contributed by atoms with Crippen molar-refractivity contribution in [2.75, 3.05) is 71.1 Å². The second-order valence-electron chi connectivity index (χ2n) is 15.2. The fraction of sp³-hybridized carbons (Fsp3) is 0.161. The van der Waals surface area contributed by atoms with Gasteiger partial charge in [-0.1, -0.05) is 71.3 Å². The number of hydrogen-bond donors (Lipinski definition) is 0. The van der Waals surface area contributed by atoms with Crippen molar-refractivity contribution in [3.05, 3.63) is 176 Å². The molecule has 7 rings (SSSR count). The lowest BCUT2D eigenvalue weighted by atomic mass is 10.0. The Balaban J connectivity index is 1.37. The van der Waals surface area contributed by atoms with Crippen molar-refractivity contribution in [1.82, 2.24) is 9.97 Å². The third kappa shape index (κ3) is 12.4. The summed E-state index contributed by atoms with van der Waals surface area (Å²) >= 11 is 0. The highest BCUT2D eigenvalue weighted by Gasteiger charge is 2.15. The van der Waals surface area contributed by atoms with Crippen molar-refractivity contribution in [3.63, 3.8) is 0 Å². The first-order chi connectivity index (χ1) is 36.2. The maximum atomic E-state index is 5.74. The van der Waals surface area contributed by atoms with Gasteiger partial charge < -0.3 is 47.4 Å². The van der Waals surface area contributed by atoms with Crippen molar-refractivity contribution >= 4 is 0 Å². The Morgan fingerprint density at radius 2 is 0.392 bits per heavy atom. The molecular weight excluding hydrogens is 933 g/mol. The second-order valence-corrected chi connectivity index (χ2v) is 15.2. The lowest BCUT2D eigenvalue weighted by Gasteiger charge is -2.11. The minimum atomic E-state index is 0.442. The summed E-state index contributed by atoms with van der Waals surface area (Å²) in [5.41, 5.74) is 6.72. The van der Waals surface area contributed by atoms with E-state index in [1.165, 1.54) is 0 Å². The number of aromatic nitrogens is 2. The summed E-state index contributed by atoms with van der Waals surface area (Å²) < 4.78 is 56.8. The number of benzene rings is 5. The molecule has 0 saturated carbocycles. The van der Waals surface area contributed by atoms with Crippen LogP contribution in [0.25, 0.3) is 0 Å². The van der Waals surface area contributed by atoms with E-state index in [0.29, 0.717) is 125 Å². The molecule has 0 unspecified atom stereocenters. The molecule has 0 amide bonds. The molecule has 2 aromatic heterocycles. The standard InChI is InChI=1S/C62H48N2O10/c1-65-53-31-41(17-19-43-33-55(67-3)57(69-5)35-45(43)21-23-47-37-59(71-7)61(73-9)39-49(47)25-27-51-15-11-13-29-63-51)42(32-54(53)66-2)18-20-44-34-56(68-4)58(70-6)36-46(44)22-24-48-38-60(72-8)62(74-10)40-50(48)26-28-52-16-12-14-30-64-52/h11-16,29-40H,1-10H3. The van der Waals surface area contributed by atoms with E-state index < -0.39 is 0 Å². The van der Waals surface area contributed by atoms with Crippen LogP contribution in [0, 0.1) is 71.0 Å². The van der Waals surface area contributed by atoms with Crippen LogP contribution in [0.15, 0.2) is 109 Å². The second kappa shape index (κ2) is 25.0. The van der Waals surface area contributed by atoms with Gasteiger partial charge in [0.1, 0.15) is 11.4 Å². The molecule has 0 N–H and O–H groups in total. The summed E-state index contributed by atoms with van der Waals surface area (Å²) in [6, 6.07) is 28.7. The molecule has 2 heterocycles. The number of pyridine rings is 2. The highest BCUT2D eigenvalue weighted by molar-refractivity contribution is 5.68. The van der Waals surface area contributed by atoms with Gasteiger partial charge in [0.05, 0.1) is 71.1 Å². The summed E-state index contributed by atoms with van der Waals surface area (Å²) in [6.45, 7) is 0. The van der Waals surface area contributed by atoms with E-state index in [2.05, 4.69) is 81.0 Å². The maximum Gasteiger partial charge on any atom is 0.162 e. The van der Waals surface area contributed by atoms with Gasteiger partial charge in [-0.2, -0.15) is 0 Å². The molecule has 0 atom stereocenters. The van der Waals surface area contributed by atoms with Crippen LogP contribution in [0.4, 0.5) is 0 Å². The molecular formula is C62H48N2O10. The average Bonchev–Trinajstić information content (AvgIpc) is 3.45. The molecule has 0 aliphatic rings. The van der Waals surface area contributed by atoms with E-state index in [1.807, 2.05) is 36.4 Å². The molecule has 0 saturated heterocycles. The van der Waals surface area contributed by atoms with Crippen LogP contribution in [-0.2, 0) is 0 Å². The molecule has 74 heavy (non-hydrogen) atoms.